The van der Waals surface area contributed by atoms with Crippen LogP contribution in [-0.4, -0.2) is 56.0 Å². The van der Waals surface area contributed by atoms with Crippen molar-refractivity contribution in [3.8, 4) is 11.8 Å². The lowest BCUT2D eigenvalue weighted by atomic mass is 10.2. The number of nitrogens with two attached hydrogens (primary N) is 1. The number of nitrogens with zero attached hydrogens (tertiary/aromatic N) is 3. The lowest BCUT2D eigenvalue weighted by Gasteiger charge is -2.36. The van der Waals surface area contributed by atoms with Crippen molar-refractivity contribution in [1.29, 1.82) is 0 Å². The molecule has 7 nitrogen and oxygen atoms in total. The minimum atomic E-state index is -0.00968. The fourth-order valence-corrected chi connectivity index (χ4v) is 2.08. The van der Waals surface area contributed by atoms with Gasteiger partial charge < -0.3 is 24.8 Å². The Morgan fingerprint density at radius 3 is 2.47 bits per heavy atom. The number of aromatic nitrogens is 2. The maximum absolute atomic E-state index is 5.72. The molecule has 1 aromatic rings. The van der Waals surface area contributed by atoms with Crippen LogP contribution in [0.3, 0.4) is 0 Å². The van der Waals surface area contributed by atoms with Crippen LogP contribution >= 0.6 is 0 Å². The van der Waals surface area contributed by atoms with Crippen molar-refractivity contribution in [3.63, 3.8) is 0 Å². The summed E-state index contributed by atoms with van der Waals surface area (Å²) >= 11 is 0. The third-order valence-electron chi connectivity index (χ3n) is 2.96. The molecule has 0 spiro atoms. The first-order chi connectivity index (χ1) is 9.16. The summed E-state index contributed by atoms with van der Waals surface area (Å²) in [5, 5.41) is 0. The minimum absolute atomic E-state index is 0.00968. The summed E-state index contributed by atoms with van der Waals surface area (Å²) in [5.74, 6) is 1.53. The van der Waals surface area contributed by atoms with E-state index in [4.69, 9.17) is 19.9 Å². The van der Waals surface area contributed by atoms with Gasteiger partial charge in [-0.3, -0.25) is 0 Å². The van der Waals surface area contributed by atoms with Crippen LogP contribution < -0.4 is 20.1 Å². The zero-order valence-electron chi connectivity index (χ0n) is 11.5. The second kappa shape index (κ2) is 6.03. The quantitative estimate of drug-likeness (QED) is 0.825. The van der Waals surface area contributed by atoms with Gasteiger partial charge in [0.25, 0.3) is 0 Å². The highest BCUT2D eigenvalue weighted by Crippen LogP contribution is 2.22. The van der Waals surface area contributed by atoms with Gasteiger partial charge in [-0.1, -0.05) is 0 Å². The van der Waals surface area contributed by atoms with Gasteiger partial charge in [0.1, 0.15) is 0 Å². The topological polar surface area (TPSA) is 82.7 Å². The summed E-state index contributed by atoms with van der Waals surface area (Å²) in [6.45, 7) is 3.86. The second-order valence-electron chi connectivity index (χ2n) is 4.46. The van der Waals surface area contributed by atoms with Crippen LogP contribution in [0.1, 0.15) is 6.92 Å². The van der Waals surface area contributed by atoms with E-state index < -0.39 is 0 Å². The Bertz CT molecular complexity index is 407. The van der Waals surface area contributed by atoms with Crippen LogP contribution in [0.15, 0.2) is 6.07 Å². The Morgan fingerprint density at radius 2 is 1.95 bits per heavy atom. The van der Waals surface area contributed by atoms with E-state index in [0.29, 0.717) is 37.3 Å². The molecule has 0 bridgehead atoms. The molecular formula is C12H20N4O3. The number of morpholine rings is 1. The van der Waals surface area contributed by atoms with Crippen molar-refractivity contribution < 1.29 is 14.2 Å². The molecule has 1 saturated heterocycles. The number of rotatable bonds is 4. The van der Waals surface area contributed by atoms with Gasteiger partial charge >= 0.3 is 0 Å². The van der Waals surface area contributed by atoms with Crippen LogP contribution in [0.4, 0.5) is 5.95 Å². The number of hydrogen-bond donors (Lipinski definition) is 1. The number of ether oxygens (including phenoxy) is 3. The minimum Gasteiger partial charge on any atom is -0.481 e. The Hall–Kier alpha value is -1.60. The fourth-order valence-electron chi connectivity index (χ4n) is 2.08. The number of methoxy groups -OCH3 is 2. The first kappa shape index (κ1) is 13.8. The average molecular weight is 268 g/mol. The smallest absolute Gasteiger partial charge is 0.232 e. The van der Waals surface area contributed by atoms with E-state index in [2.05, 4.69) is 9.97 Å². The van der Waals surface area contributed by atoms with Gasteiger partial charge in [-0.25, -0.2) is 0 Å². The first-order valence-electron chi connectivity index (χ1n) is 6.23. The fraction of sp³-hybridized carbons (Fsp3) is 0.667. The Labute approximate surface area is 112 Å². The standard InChI is InChI=1S/C12H20N4O3/c1-8-6-16(7-9(5-13)19-8)12-14-10(17-2)4-11(15-12)18-3/h4,8-9H,5-7,13H2,1-3H3. The van der Waals surface area contributed by atoms with Crippen LogP contribution in [0.2, 0.25) is 0 Å². The molecule has 2 rings (SSSR count). The molecule has 2 unspecified atom stereocenters. The van der Waals surface area contributed by atoms with E-state index >= 15 is 0 Å². The molecule has 2 heterocycles. The highest BCUT2D eigenvalue weighted by molar-refractivity contribution is 5.37. The Balaban J connectivity index is 2.24. The van der Waals surface area contributed by atoms with Gasteiger partial charge in [-0.05, 0) is 6.92 Å². The van der Waals surface area contributed by atoms with Crippen molar-refractivity contribution in [2.75, 3.05) is 38.8 Å². The lowest BCUT2D eigenvalue weighted by molar-refractivity contribution is -0.0110. The molecule has 0 aromatic carbocycles. The number of anilines is 1. The molecule has 0 amide bonds. The molecule has 1 aliphatic heterocycles. The molecule has 1 aliphatic rings. The molecular weight excluding hydrogens is 248 g/mol. The van der Waals surface area contributed by atoms with Crippen molar-refractivity contribution >= 4 is 5.95 Å². The van der Waals surface area contributed by atoms with E-state index in [-0.39, 0.29) is 12.2 Å². The molecule has 106 valence electrons. The van der Waals surface area contributed by atoms with Crippen molar-refractivity contribution in [3.05, 3.63) is 6.07 Å². The van der Waals surface area contributed by atoms with Gasteiger partial charge in [0.2, 0.25) is 17.7 Å². The SMILES string of the molecule is COc1cc(OC)nc(N2CC(C)OC(CN)C2)n1. The largest absolute Gasteiger partial charge is 0.481 e. The summed E-state index contributed by atoms with van der Waals surface area (Å²) in [5.41, 5.74) is 5.68. The summed E-state index contributed by atoms with van der Waals surface area (Å²) in [6.07, 6.45) is 0.0765. The van der Waals surface area contributed by atoms with Crippen LogP contribution in [0.5, 0.6) is 11.8 Å². The van der Waals surface area contributed by atoms with Crippen molar-refractivity contribution in [2.45, 2.75) is 19.1 Å². The van der Waals surface area contributed by atoms with E-state index in [1.165, 1.54) is 0 Å². The first-order valence-corrected chi connectivity index (χ1v) is 6.23. The zero-order chi connectivity index (χ0) is 13.8. The predicted octanol–water partition coefficient (Wildman–Crippen LogP) is 0.0462. The van der Waals surface area contributed by atoms with Crippen LogP contribution in [0.25, 0.3) is 0 Å². The molecule has 0 radical (unpaired) electrons. The molecule has 1 fully saturated rings. The second-order valence-corrected chi connectivity index (χ2v) is 4.46. The molecule has 0 saturated carbocycles. The Kier molecular flexibility index (Phi) is 4.39. The van der Waals surface area contributed by atoms with Crippen LogP contribution in [0, 0.1) is 0 Å². The highest BCUT2D eigenvalue weighted by Gasteiger charge is 2.26. The van der Waals surface area contributed by atoms with Gasteiger partial charge in [0, 0.05) is 19.6 Å². The molecule has 2 atom stereocenters. The van der Waals surface area contributed by atoms with E-state index in [9.17, 15) is 0 Å². The molecule has 2 N–H and O–H groups in total. The molecule has 7 heteroatoms. The average Bonchev–Trinajstić information content (AvgIpc) is 2.45. The molecule has 0 aliphatic carbocycles. The maximum atomic E-state index is 5.72. The summed E-state index contributed by atoms with van der Waals surface area (Å²) in [7, 11) is 3.13. The summed E-state index contributed by atoms with van der Waals surface area (Å²) < 4.78 is 16.0. The molecule has 1 aromatic heterocycles. The van der Waals surface area contributed by atoms with E-state index in [1.807, 2.05) is 11.8 Å². The van der Waals surface area contributed by atoms with E-state index in [0.717, 1.165) is 0 Å². The predicted molar refractivity (Wildman–Crippen MR) is 70.7 cm³/mol. The highest BCUT2D eigenvalue weighted by atomic mass is 16.5. The van der Waals surface area contributed by atoms with Crippen molar-refractivity contribution in [1.82, 2.24) is 9.97 Å². The monoisotopic (exact) mass is 268 g/mol. The Morgan fingerprint density at radius 1 is 1.32 bits per heavy atom. The summed E-state index contributed by atoms with van der Waals surface area (Å²) in [4.78, 5) is 10.7. The zero-order valence-corrected chi connectivity index (χ0v) is 11.5. The third kappa shape index (κ3) is 3.24. The van der Waals surface area contributed by atoms with Gasteiger partial charge in [-0.2, -0.15) is 9.97 Å². The van der Waals surface area contributed by atoms with Crippen molar-refractivity contribution in [2.24, 2.45) is 5.73 Å². The van der Waals surface area contributed by atoms with Gasteiger partial charge in [0.15, 0.2) is 0 Å². The normalized spacial score (nSPS) is 23.3. The van der Waals surface area contributed by atoms with Gasteiger partial charge in [0.05, 0.1) is 32.5 Å². The van der Waals surface area contributed by atoms with Crippen LogP contribution in [-0.2, 0) is 4.74 Å². The third-order valence-corrected chi connectivity index (χ3v) is 2.96. The lowest BCUT2D eigenvalue weighted by Crippen LogP contribution is -2.49. The van der Waals surface area contributed by atoms with Gasteiger partial charge in [-0.15, -0.1) is 0 Å². The maximum Gasteiger partial charge on any atom is 0.232 e. The summed E-state index contributed by atoms with van der Waals surface area (Å²) in [6, 6.07) is 1.65. The number of hydrogen-bond acceptors (Lipinski definition) is 7. The molecule has 19 heavy (non-hydrogen) atoms. The van der Waals surface area contributed by atoms with E-state index in [1.54, 1.807) is 20.3 Å².